The number of fused-ring (bicyclic) bond motifs is 1. The van der Waals surface area contributed by atoms with Crippen molar-refractivity contribution < 1.29 is 13.9 Å². The number of halogens is 2. The van der Waals surface area contributed by atoms with Gasteiger partial charge in [0.25, 0.3) is 0 Å². The quantitative estimate of drug-likeness (QED) is 0.334. The second-order valence-corrected chi connectivity index (χ2v) is 8.54. The third-order valence-electron chi connectivity index (χ3n) is 4.76. The molecule has 0 saturated carbocycles. The van der Waals surface area contributed by atoms with Gasteiger partial charge in [0.15, 0.2) is 16.7 Å². The average Bonchev–Trinajstić information content (AvgIpc) is 3.34. The Bertz CT molecular complexity index is 1090. The average molecular weight is 461 g/mol. The van der Waals surface area contributed by atoms with E-state index in [1.165, 1.54) is 23.9 Å². The molecule has 4 rings (SSSR count). The summed E-state index contributed by atoms with van der Waals surface area (Å²) in [5.74, 6) is 2.56. The van der Waals surface area contributed by atoms with Gasteiger partial charge in [-0.05, 0) is 36.4 Å². The van der Waals surface area contributed by atoms with Crippen LogP contribution in [0.1, 0.15) is 17.0 Å². The number of aromatic nitrogens is 3. The number of thioether (sulfide) groups is 1. The molecular formula is C22H22ClFN4O2S. The van der Waals surface area contributed by atoms with Gasteiger partial charge in [0, 0.05) is 29.9 Å². The lowest BCUT2D eigenvalue weighted by molar-refractivity contribution is 0.174. The monoisotopic (exact) mass is 460 g/mol. The zero-order chi connectivity index (χ0) is 21.8. The Morgan fingerprint density at radius 2 is 2.03 bits per heavy atom. The van der Waals surface area contributed by atoms with Gasteiger partial charge in [0.05, 0.1) is 6.54 Å². The molecule has 0 saturated heterocycles. The number of hydrogen-bond donors (Lipinski definition) is 0. The van der Waals surface area contributed by atoms with E-state index in [2.05, 4.69) is 21.7 Å². The van der Waals surface area contributed by atoms with Crippen LogP contribution in [0.3, 0.4) is 0 Å². The minimum atomic E-state index is -0.241. The van der Waals surface area contributed by atoms with E-state index in [1.807, 2.05) is 29.8 Å². The van der Waals surface area contributed by atoms with E-state index in [9.17, 15) is 4.39 Å². The Balaban J connectivity index is 1.44. The van der Waals surface area contributed by atoms with E-state index in [0.717, 1.165) is 22.1 Å². The Hall–Kier alpha value is -2.55. The van der Waals surface area contributed by atoms with Crippen LogP contribution in [0.5, 0.6) is 11.5 Å². The lowest BCUT2D eigenvalue weighted by Gasteiger charge is -2.18. The number of ether oxygens (including phenoxy) is 2. The minimum absolute atomic E-state index is 0.214. The molecule has 0 radical (unpaired) electrons. The van der Waals surface area contributed by atoms with Crippen LogP contribution in [0.2, 0.25) is 5.02 Å². The molecule has 0 atom stereocenters. The summed E-state index contributed by atoms with van der Waals surface area (Å²) in [7, 11) is 1.99. The summed E-state index contributed by atoms with van der Waals surface area (Å²) >= 11 is 7.93. The van der Waals surface area contributed by atoms with E-state index < -0.39 is 0 Å². The second-order valence-electron chi connectivity index (χ2n) is 7.19. The fraction of sp³-hybridized carbons (Fsp3) is 0.273. The van der Waals surface area contributed by atoms with E-state index in [-0.39, 0.29) is 12.6 Å². The maximum atomic E-state index is 13.4. The van der Waals surface area contributed by atoms with Crippen molar-refractivity contribution in [3.05, 3.63) is 76.8 Å². The molecule has 0 aliphatic carbocycles. The van der Waals surface area contributed by atoms with Crippen molar-refractivity contribution in [1.29, 1.82) is 0 Å². The molecule has 0 fully saturated rings. The Morgan fingerprint density at radius 3 is 2.81 bits per heavy atom. The summed E-state index contributed by atoms with van der Waals surface area (Å²) in [4.78, 5) is 2.11. The van der Waals surface area contributed by atoms with Gasteiger partial charge in [-0.2, -0.15) is 0 Å². The van der Waals surface area contributed by atoms with Gasteiger partial charge in [0.2, 0.25) is 6.79 Å². The van der Waals surface area contributed by atoms with Gasteiger partial charge < -0.3 is 14.0 Å². The summed E-state index contributed by atoms with van der Waals surface area (Å²) in [5, 5.41) is 10.1. The normalized spacial score (nSPS) is 12.5. The smallest absolute Gasteiger partial charge is 0.231 e. The van der Waals surface area contributed by atoms with Gasteiger partial charge in [-0.25, -0.2) is 4.39 Å². The zero-order valence-corrected chi connectivity index (χ0v) is 18.6. The van der Waals surface area contributed by atoms with Crippen molar-refractivity contribution >= 4 is 23.4 Å². The van der Waals surface area contributed by atoms with Crippen LogP contribution in [0.4, 0.5) is 4.39 Å². The molecule has 2 aromatic carbocycles. The molecule has 31 heavy (non-hydrogen) atoms. The predicted octanol–water partition coefficient (Wildman–Crippen LogP) is 4.91. The first-order chi connectivity index (χ1) is 15.0. The third-order valence-corrected chi connectivity index (χ3v) is 6.15. The van der Waals surface area contributed by atoms with Crippen molar-refractivity contribution in [3.8, 4) is 11.5 Å². The Labute approximate surface area is 189 Å². The van der Waals surface area contributed by atoms with Crippen LogP contribution >= 0.6 is 23.4 Å². The van der Waals surface area contributed by atoms with Crippen LogP contribution < -0.4 is 9.47 Å². The first-order valence-corrected chi connectivity index (χ1v) is 11.1. The van der Waals surface area contributed by atoms with Gasteiger partial charge in [-0.1, -0.05) is 41.6 Å². The molecule has 3 aromatic rings. The summed E-state index contributed by atoms with van der Waals surface area (Å²) in [5.41, 5.74) is 1.85. The fourth-order valence-electron chi connectivity index (χ4n) is 3.30. The molecule has 1 aliphatic heterocycles. The van der Waals surface area contributed by atoms with Crippen molar-refractivity contribution in [2.24, 2.45) is 0 Å². The third kappa shape index (κ3) is 5.20. The zero-order valence-electron chi connectivity index (χ0n) is 17.1. The number of benzene rings is 2. The number of nitrogens with zero attached hydrogens (tertiary/aromatic N) is 4. The minimum Gasteiger partial charge on any atom is -0.454 e. The standard InChI is InChI=1S/C22H22ClFN4O2S/c1-3-7-28-21(25-26-22(28)31-13-15-5-4-6-17(24)8-15)12-27(2)11-16-9-19-20(10-18(16)23)30-14-29-19/h3-6,8-10H,1,7,11-14H2,2H3. The molecule has 0 amide bonds. The highest BCUT2D eigenvalue weighted by Gasteiger charge is 2.19. The van der Waals surface area contributed by atoms with Crippen molar-refractivity contribution in [1.82, 2.24) is 19.7 Å². The molecule has 0 bridgehead atoms. The lowest BCUT2D eigenvalue weighted by atomic mass is 10.2. The number of hydrogen-bond acceptors (Lipinski definition) is 6. The Kier molecular flexibility index (Phi) is 6.80. The van der Waals surface area contributed by atoms with Gasteiger partial charge in [-0.15, -0.1) is 16.8 Å². The van der Waals surface area contributed by atoms with E-state index >= 15 is 0 Å². The topological polar surface area (TPSA) is 52.4 Å². The molecule has 9 heteroatoms. The SMILES string of the molecule is C=CCn1c(CN(C)Cc2cc3c(cc2Cl)OCO3)nnc1SCc1cccc(F)c1. The highest BCUT2D eigenvalue weighted by atomic mass is 35.5. The van der Waals surface area contributed by atoms with E-state index in [0.29, 0.717) is 41.9 Å². The maximum absolute atomic E-state index is 13.4. The summed E-state index contributed by atoms with van der Waals surface area (Å²) in [6.45, 7) is 5.84. The summed E-state index contributed by atoms with van der Waals surface area (Å²) in [6.07, 6.45) is 1.81. The van der Waals surface area contributed by atoms with E-state index in [4.69, 9.17) is 21.1 Å². The molecule has 1 aliphatic rings. The number of allylic oxidation sites excluding steroid dienone is 1. The summed E-state index contributed by atoms with van der Waals surface area (Å²) in [6, 6.07) is 10.3. The lowest BCUT2D eigenvalue weighted by Crippen LogP contribution is -2.20. The molecule has 2 heterocycles. The molecular weight excluding hydrogens is 439 g/mol. The van der Waals surface area contributed by atoms with Crippen LogP contribution in [0.15, 0.2) is 54.2 Å². The highest BCUT2D eigenvalue weighted by molar-refractivity contribution is 7.98. The first kappa shape index (κ1) is 21.7. The van der Waals surface area contributed by atoms with Crippen LogP contribution in [-0.2, 0) is 25.4 Å². The maximum Gasteiger partial charge on any atom is 0.231 e. The summed E-state index contributed by atoms with van der Waals surface area (Å²) < 4.78 is 26.3. The number of rotatable bonds is 9. The highest BCUT2D eigenvalue weighted by Crippen LogP contribution is 2.37. The molecule has 0 N–H and O–H groups in total. The fourth-order valence-corrected chi connectivity index (χ4v) is 4.42. The molecule has 6 nitrogen and oxygen atoms in total. The van der Waals surface area contributed by atoms with Gasteiger partial charge >= 0.3 is 0 Å². The predicted molar refractivity (Wildman–Crippen MR) is 119 cm³/mol. The van der Waals surface area contributed by atoms with Gasteiger partial charge in [0.1, 0.15) is 11.6 Å². The molecule has 162 valence electrons. The van der Waals surface area contributed by atoms with Crippen molar-refractivity contribution in [2.75, 3.05) is 13.8 Å². The molecule has 1 aromatic heterocycles. The van der Waals surface area contributed by atoms with Crippen molar-refractivity contribution in [2.45, 2.75) is 30.5 Å². The molecule has 0 unspecified atom stereocenters. The Morgan fingerprint density at radius 1 is 1.23 bits per heavy atom. The van der Waals surface area contributed by atoms with Crippen LogP contribution in [-0.4, -0.2) is 33.5 Å². The van der Waals surface area contributed by atoms with E-state index in [1.54, 1.807) is 12.1 Å². The largest absolute Gasteiger partial charge is 0.454 e. The first-order valence-electron chi connectivity index (χ1n) is 9.70. The second kappa shape index (κ2) is 9.72. The van der Waals surface area contributed by atoms with Crippen LogP contribution in [0, 0.1) is 5.82 Å². The van der Waals surface area contributed by atoms with Crippen LogP contribution in [0.25, 0.3) is 0 Å². The molecule has 0 spiro atoms. The van der Waals surface area contributed by atoms with Crippen molar-refractivity contribution in [3.63, 3.8) is 0 Å². The van der Waals surface area contributed by atoms with Gasteiger partial charge in [-0.3, -0.25) is 4.90 Å².